The molecule has 1 heterocycles. The second-order valence-electron chi connectivity index (χ2n) is 7.48. The Labute approximate surface area is 185 Å². The Morgan fingerprint density at radius 1 is 0.906 bits per heavy atom. The van der Waals surface area contributed by atoms with Crippen molar-refractivity contribution < 1.29 is 27.5 Å². The molecule has 0 saturated carbocycles. The third kappa shape index (κ3) is 3.80. The Kier molecular flexibility index (Phi) is 5.40. The minimum Gasteiger partial charge on any atom is -0.452 e. The number of carbonyl (C=O) groups excluding carboxylic acids is 3. The van der Waals surface area contributed by atoms with Gasteiger partial charge < -0.3 is 10.1 Å². The molecular weight excluding hydrogens is 430 g/mol. The van der Waals surface area contributed by atoms with Gasteiger partial charge in [-0.2, -0.15) is 0 Å². The van der Waals surface area contributed by atoms with E-state index in [0.29, 0.717) is 5.69 Å². The molecule has 8 heteroatoms. The highest BCUT2D eigenvalue weighted by Gasteiger charge is 2.35. The van der Waals surface area contributed by atoms with E-state index in [1.165, 1.54) is 30.3 Å². The zero-order valence-electron chi connectivity index (χ0n) is 17.3. The Hall–Kier alpha value is -3.78. The van der Waals surface area contributed by atoms with Gasteiger partial charge in [-0.05, 0) is 55.8 Å². The summed E-state index contributed by atoms with van der Waals surface area (Å²) in [6, 6.07) is 15.2. The molecule has 162 valence electrons. The van der Waals surface area contributed by atoms with E-state index in [-0.39, 0.29) is 26.5 Å². The standard InChI is InChI=1S/C24H19NO6S/c1-14-7-10-19(15(2)11-14)25-22(26)13-31-24(28)16-8-9-18-21(12-16)32(29,30)20-6-4-3-5-17(20)23(18)27/h3-12H,13H2,1-2H3,(H,25,26). The number of rotatable bonds is 4. The fraction of sp³-hybridized carbons (Fsp3) is 0.125. The molecule has 1 aliphatic rings. The molecule has 7 nitrogen and oxygen atoms in total. The van der Waals surface area contributed by atoms with Gasteiger partial charge in [-0.25, -0.2) is 13.2 Å². The van der Waals surface area contributed by atoms with Crippen molar-refractivity contribution in [3.8, 4) is 0 Å². The number of sulfone groups is 1. The van der Waals surface area contributed by atoms with Crippen LogP contribution in [0.2, 0.25) is 0 Å². The zero-order valence-corrected chi connectivity index (χ0v) is 18.2. The van der Waals surface area contributed by atoms with Crippen molar-refractivity contribution >= 4 is 33.2 Å². The largest absolute Gasteiger partial charge is 0.452 e. The van der Waals surface area contributed by atoms with Crippen molar-refractivity contribution in [3.05, 3.63) is 88.5 Å². The van der Waals surface area contributed by atoms with Gasteiger partial charge in [0.2, 0.25) is 9.84 Å². The molecule has 0 bridgehead atoms. The molecule has 1 amide bonds. The molecule has 1 aliphatic heterocycles. The lowest BCUT2D eigenvalue weighted by Crippen LogP contribution is -2.23. The van der Waals surface area contributed by atoms with E-state index in [1.807, 2.05) is 26.0 Å². The number of benzene rings is 3. The van der Waals surface area contributed by atoms with E-state index >= 15 is 0 Å². The highest BCUT2D eigenvalue weighted by atomic mass is 32.2. The molecule has 3 aromatic carbocycles. The predicted octanol–water partition coefficient (Wildman–Crippen LogP) is 3.48. The highest BCUT2D eigenvalue weighted by molar-refractivity contribution is 7.91. The van der Waals surface area contributed by atoms with Crippen LogP contribution in [0.25, 0.3) is 0 Å². The molecule has 0 unspecified atom stereocenters. The number of carbonyl (C=O) groups is 3. The van der Waals surface area contributed by atoms with Gasteiger partial charge in [-0.3, -0.25) is 9.59 Å². The summed E-state index contributed by atoms with van der Waals surface area (Å²) in [5.41, 5.74) is 2.55. The monoisotopic (exact) mass is 449 g/mol. The number of amides is 1. The minimum atomic E-state index is -3.98. The molecule has 0 atom stereocenters. The summed E-state index contributed by atoms with van der Waals surface area (Å²) in [5.74, 6) is -1.83. The van der Waals surface area contributed by atoms with E-state index in [4.69, 9.17) is 4.74 Å². The van der Waals surface area contributed by atoms with Crippen LogP contribution in [0.3, 0.4) is 0 Å². The summed E-state index contributed by atoms with van der Waals surface area (Å²) >= 11 is 0. The molecule has 0 aromatic heterocycles. The van der Waals surface area contributed by atoms with E-state index in [9.17, 15) is 22.8 Å². The summed E-state index contributed by atoms with van der Waals surface area (Å²) in [6.07, 6.45) is 0. The van der Waals surface area contributed by atoms with Crippen LogP contribution in [-0.2, 0) is 19.4 Å². The van der Waals surface area contributed by atoms with E-state index < -0.39 is 34.1 Å². The molecule has 0 saturated heterocycles. The van der Waals surface area contributed by atoms with Crippen LogP contribution in [0.15, 0.2) is 70.5 Å². The normalized spacial score (nSPS) is 13.6. The van der Waals surface area contributed by atoms with Crippen molar-refractivity contribution in [2.75, 3.05) is 11.9 Å². The Bertz CT molecular complexity index is 1390. The summed E-state index contributed by atoms with van der Waals surface area (Å²) in [5, 5.41) is 2.67. The van der Waals surface area contributed by atoms with Gasteiger partial charge in [0.1, 0.15) is 0 Å². The van der Waals surface area contributed by atoms with E-state index in [1.54, 1.807) is 12.1 Å². The second kappa shape index (κ2) is 8.05. The van der Waals surface area contributed by atoms with Crippen LogP contribution in [0, 0.1) is 13.8 Å². The lowest BCUT2D eigenvalue weighted by Gasteiger charge is -2.19. The quantitative estimate of drug-likeness (QED) is 0.478. The fourth-order valence-electron chi connectivity index (χ4n) is 3.57. The van der Waals surface area contributed by atoms with Crippen molar-refractivity contribution in [2.24, 2.45) is 0 Å². The van der Waals surface area contributed by atoms with Crippen LogP contribution >= 0.6 is 0 Å². The zero-order chi connectivity index (χ0) is 23.0. The molecule has 0 aliphatic carbocycles. The topological polar surface area (TPSA) is 107 Å². The van der Waals surface area contributed by atoms with Crippen LogP contribution in [-0.4, -0.2) is 32.7 Å². The SMILES string of the molecule is Cc1ccc(NC(=O)COC(=O)c2ccc3c(c2)S(=O)(=O)c2ccccc2C3=O)c(C)c1. The molecule has 0 fully saturated rings. The van der Waals surface area contributed by atoms with E-state index in [0.717, 1.165) is 17.2 Å². The molecule has 1 N–H and O–H groups in total. The van der Waals surface area contributed by atoms with Crippen molar-refractivity contribution in [1.29, 1.82) is 0 Å². The van der Waals surface area contributed by atoms with Crippen LogP contribution < -0.4 is 5.32 Å². The number of ether oxygens (including phenoxy) is 1. The number of fused-ring (bicyclic) bond motifs is 2. The van der Waals surface area contributed by atoms with Crippen molar-refractivity contribution in [1.82, 2.24) is 0 Å². The van der Waals surface area contributed by atoms with Gasteiger partial charge in [0.15, 0.2) is 12.4 Å². The Balaban J connectivity index is 1.52. The lowest BCUT2D eigenvalue weighted by molar-refractivity contribution is -0.119. The summed E-state index contributed by atoms with van der Waals surface area (Å²) < 4.78 is 31.0. The third-order valence-corrected chi connectivity index (χ3v) is 7.01. The lowest BCUT2D eigenvalue weighted by atomic mass is 10.0. The van der Waals surface area contributed by atoms with Gasteiger partial charge in [0.05, 0.1) is 15.4 Å². The van der Waals surface area contributed by atoms with Gasteiger partial charge >= 0.3 is 5.97 Å². The first-order valence-electron chi connectivity index (χ1n) is 9.75. The van der Waals surface area contributed by atoms with Crippen molar-refractivity contribution in [2.45, 2.75) is 23.6 Å². The Morgan fingerprint density at radius 2 is 1.62 bits per heavy atom. The molecule has 32 heavy (non-hydrogen) atoms. The van der Waals surface area contributed by atoms with E-state index in [2.05, 4.69) is 5.32 Å². The number of ketones is 1. The molecule has 0 radical (unpaired) electrons. The predicted molar refractivity (Wildman–Crippen MR) is 117 cm³/mol. The number of esters is 1. The number of nitrogens with one attached hydrogen (secondary N) is 1. The number of hydrogen-bond donors (Lipinski definition) is 1. The van der Waals surface area contributed by atoms with Gasteiger partial charge in [0.25, 0.3) is 5.91 Å². The number of anilines is 1. The molecule has 4 rings (SSSR count). The third-order valence-electron chi connectivity index (χ3n) is 5.16. The van der Waals surface area contributed by atoms with Gasteiger partial charge in [-0.15, -0.1) is 0 Å². The maximum Gasteiger partial charge on any atom is 0.338 e. The van der Waals surface area contributed by atoms with Crippen LogP contribution in [0.5, 0.6) is 0 Å². The second-order valence-corrected chi connectivity index (χ2v) is 9.37. The summed E-state index contributed by atoms with van der Waals surface area (Å²) in [6.45, 7) is 3.24. The molecule has 0 spiro atoms. The van der Waals surface area contributed by atoms with Crippen LogP contribution in [0.1, 0.15) is 37.4 Å². The average Bonchev–Trinajstić information content (AvgIpc) is 2.77. The van der Waals surface area contributed by atoms with Crippen molar-refractivity contribution in [3.63, 3.8) is 0 Å². The highest BCUT2D eigenvalue weighted by Crippen LogP contribution is 2.34. The first-order valence-corrected chi connectivity index (χ1v) is 11.2. The molecule has 3 aromatic rings. The first kappa shape index (κ1) is 21.5. The summed E-state index contributed by atoms with van der Waals surface area (Å²) in [4.78, 5) is 37.0. The van der Waals surface area contributed by atoms with Gasteiger partial charge in [0, 0.05) is 16.8 Å². The maximum absolute atomic E-state index is 13.0. The maximum atomic E-state index is 13.0. The van der Waals surface area contributed by atoms with Gasteiger partial charge in [-0.1, -0.05) is 29.8 Å². The average molecular weight is 449 g/mol. The molecular formula is C24H19NO6S. The number of hydrogen-bond acceptors (Lipinski definition) is 6. The smallest absolute Gasteiger partial charge is 0.338 e. The fourth-order valence-corrected chi connectivity index (χ4v) is 5.24. The first-order chi connectivity index (χ1) is 15.2. The van der Waals surface area contributed by atoms with Crippen LogP contribution in [0.4, 0.5) is 5.69 Å². The number of aryl methyl sites for hydroxylation is 2. The minimum absolute atomic E-state index is 0.00663. The summed E-state index contributed by atoms with van der Waals surface area (Å²) in [7, 11) is -3.98. The Morgan fingerprint density at radius 3 is 2.38 bits per heavy atom.